The number of aromatic nitrogens is 1. The van der Waals surface area contributed by atoms with Crippen LogP contribution in [0.4, 0.5) is 5.69 Å². The average Bonchev–Trinajstić information content (AvgIpc) is 3.01. The molecule has 0 bridgehead atoms. The standard InChI is InChI=1S/C26H36N2O2/c1-6-20-15(2)23(27-16(20)3)22-25(29-4)21(26(22)30-5)19-13-17-9-7-11-28-12-8-10-18(14-19)24(17)28/h13-14,21-22,25-27H,6-12H2,1-5H3. The lowest BCUT2D eigenvalue weighted by atomic mass is 9.63. The third-order valence-electron chi connectivity index (χ3n) is 8.02. The van der Waals surface area contributed by atoms with Crippen LogP contribution >= 0.6 is 0 Å². The molecule has 1 aliphatic carbocycles. The van der Waals surface area contributed by atoms with E-state index in [1.54, 1.807) is 16.8 Å². The molecule has 162 valence electrons. The third-order valence-corrected chi connectivity index (χ3v) is 8.02. The van der Waals surface area contributed by atoms with Crippen LogP contribution in [0.1, 0.15) is 70.8 Å². The Bertz CT molecular complexity index is 904. The molecular formula is C26H36N2O2. The minimum absolute atomic E-state index is 0.143. The molecule has 1 aromatic heterocycles. The molecule has 1 N–H and O–H groups in total. The second-order valence-corrected chi connectivity index (χ2v) is 9.45. The molecule has 30 heavy (non-hydrogen) atoms. The van der Waals surface area contributed by atoms with E-state index in [0.29, 0.717) is 0 Å². The fraction of sp³-hybridized carbons (Fsp3) is 0.615. The number of benzene rings is 1. The molecule has 1 fully saturated rings. The first kappa shape index (κ1) is 20.1. The number of nitrogens with one attached hydrogen (secondary N) is 1. The van der Waals surface area contributed by atoms with Crippen LogP contribution in [0, 0.1) is 13.8 Å². The van der Waals surface area contributed by atoms with Crippen LogP contribution in [0.5, 0.6) is 0 Å². The van der Waals surface area contributed by atoms with Gasteiger partial charge in [0.2, 0.25) is 0 Å². The van der Waals surface area contributed by atoms with Crippen molar-refractivity contribution in [3.05, 3.63) is 51.3 Å². The highest BCUT2D eigenvalue weighted by atomic mass is 16.5. The molecule has 0 saturated heterocycles. The minimum Gasteiger partial charge on any atom is -0.380 e. The van der Waals surface area contributed by atoms with E-state index in [1.807, 2.05) is 14.2 Å². The Morgan fingerprint density at radius 3 is 2.07 bits per heavy atom. The first-order valence-corrected chi connectivity index (χ1v) is 11.7. The maximum Gasteiger partial charge on any atom is 0.0773 e. The zero-order valence-electron chi connectivity index (χ0n) is 19.2. The van der Waals surface area contributed by atoms with Gasteiger partial charge in [0.25, 0.3) is 0 Å². The molecule has 2 aromatic rings. The van der Waals surface area contributed by atoms with Crippen molar-refractivity contribution in [2.45, 2.75) is 76.9 Å². The number of hydrogen-bond acceptors (Lipinski definition) is 3. The molecule has 2 aliphatic heterocycles. The summed E-state index contributed by atoms with van der Waals surface area (Å²) >= 11 is 0. The summed E-state index contributed by atoms with van der Waals surface area (Å²) in [5.74, 6) is 0.546. The van der Waals surface area contributed by atoms with E-state index < -0.39 is 0 Å². The summed E-state index contributed by atoms with van der Waals surface area (Å²) in [4.78, 5) is 6.30. The topological polar surface area (TPSA) is 37.5 Å². The molecule has 0 radical (unpaired) electrons. The molecule has 2 unspecified atom stereocenters. The predicted molar refractivity (Wildman–Crippen MR) is 122 cm³/mol. The van der Waals surface area contributed by atoms with Gasteiger partial charge in [-0.2, -0.15) is 0 Å². The van der Waals surface area contributed by atoms with Gasteiger partial charge in [-0.25, -0.2) is 0 Å². The number of ether oxygens (including phenoxy) is 2. The Morgan fingerprint density at radius 1 is 0.967 bits per heavy atom. The van der Waals surface area contributed by atoms with Gasteiger partial charge in [-0.1, -0.05) is 19.1 Å². The van der Waals surface area contributed by atoms with E-state index in [0.717, 1.165) is 6.42 Å². The number of H-pyrrole nitrogens is 1. The Balaban J connectivity index is 1.53. The summed E-state index contributed by atoms with van der Waals surface area (Å²) in [6.07, 6.45) is 6.29. The zero-order chi connectivity index (χ0) is 21.0. The largest absolute Gasteiger partial charge is 0.380 e. The first-order chi connectivity index (χ1) is 14.6. The van der Waals surface area contributed by atoms with Gasteiger partial charge in [0.15, 0.2) is 0 Å². The van der Waals surface area contributed by atoms with Crippen LogP contribution in [0.3, 0.4) is 0 Å². The van der Waals surface area contributed by atoms with Crippen LogP contribution < -0.4 is 4.90 Å². The maximum atomic E-state index is 6.13. The van der Waals surface area contributed by atoms with Gasteiger partial charge in [-0.3, -0.25) is 0 Å². The van der Waals surface area contributed by atoms with Gasteiger partial charge < -0.3 is 19.4 Å². The lowest BCUT2D eigenvalue weighted by Crippen LogP contribution is -2.54. The van der Waals surface area contributed by atoms with E-state index in [2.05, 4.69) is 42.8 Å². The van der Waals surface area contributed by atoms with Crippen LogP contribution in [0.15, 0.2) is 12.1 Å². The van der Waals surface area contributed by atoms with Crippen LogP contribution in [-0.2, 0) is 28.7 Å². The lowest BCUT2D eigenvalue weighted by Gasteiger charge is -2.51. The number of aromatic amines is 1. The van der Waals surface area contributed by atoms with Gasteiger partial charge in [0.1, 0.15) is 0 Å². The molecule has 2 atom stereocenters. The van der Waals surface area contributed by atoms with Crippen molar-refractivity contribution in [1.29, 1.82) is 0 Å². The Morgan fingerprint density at radius 2 is 1.57 bits per heavy atom. The van der Waals surface area contributed by atoms with Crippen molar-refractivity contribution in [3.63, 3.8) is 0 Å². The Labute approximate surface area is 181 Å². The molecular weight excluding hydrogens is 372 g/mol. The summed E-state index contributed by atoms with van der Waals surface area (Å²) in [5.41, 5.74) is 11.5. The fourth-order valence-corrected chi connectivity index (χ4v) is 6.67. The number of rotatable bonds is 5. The number of hydrogen-bond donors (Lipinski definition) is 1. The fourth-order valence-electron chi connectivity index (χ4n) is 6.67. The maximum absolute atomic E-state index is 6.13. The summed E-state index contributed by atoms with van der Waals surface area (Å²) in [7, 11) is 3.74. The first-order valence-electron chi connectivity index (χ1n) is 11.7. The smallest absolute Gasteiger partial charge is 0.0773 e. The third kappa shape index (κ3) is 2.87. The highest BCUT2D eigenvalue weighted by Gasteiger charge is 2.54. The van der Waals surface area contributed by atoms with Crippen LogP contribution in [-0.4, -0.2) is 44.5 Å². The Kier molecular flexibility index (Phi) is 5.19. The van der Waals surface area contributed by atoms with E-state index in [1.165, 1.54) is 66.9 Å². The summed E-state index contributed by atoms with van der Waals surface area (Å²) in [6.45, 7) is 9.12. The van der Waals surface area contributed by atoms with Gasteiger partial charge in [-0.05, 0) is 73.8 Å². The average molecular weight is 409 g/mol. The van der Waals surface area contributed by atoms with E-state index in [9.17, 15) is 0 Å². The number of nitrogens with zero attached hydrogens (tertiary/aromatic N) is 1. The molecule has 3 heterocycles. The van der Waals surface area contributed by atoms with E-state index in [-0.39, 0.29) is 24.0 Å². The molecule has 5 rings (SSSR count). The minimum atomic E-state index is 0.143. The molecule has 1 aromatic carbocycles. The van der Waals surface area contributed by atoms with Crippen LogP contribution in [0.2, 0.25) is 0 Å². The molecule has 4 nitrogen and oxygen atoms in total. The van der Waals surface area contributed by atoms with Crippen molar-refractivity contribution >= 4 is 5.69 Å². The van der Waals surface area contributed by atoms with Gasteiger partial charge in [-0.15, -0.1) is 0 Å². The van der Waals surface area contributed by atoms with Crippen molar-refractivity contribution in [1.82, 2.24) is 4.98 Å². The van der Waals surface area contributed by atoms with Crippen LogP contribution in [0.25, 0.3) is 0 Å². The quantitative estimate of drug-likeness (QED) is 0.772. The molecule has 3 aliphatic rings. The Hall–Kier alpha value is -1.78. The van der Waals surface area contributed by atoms with Crippen molar-refractivity contribution in [3.8, 4) is 0 Å². The second kappa shape index (κ2) is 7.72. The van der Waals surface area contributed by atoms with Gasteiger partial charge in [0, 0.05) is 50.3 Å². The zero-order valence-corrected chi connectivity index (χ0v) is 19.2. The van der Waals surface area contributed by atoms with Gasteiger partial charge >= 0.3 is 0 Å². The highest BCUT2D eigenvalue weighted by molar-refractivity contribution is 5.65. The summed E-state index contributed by atoms with van der Waals surface area (Å²) < 4.78 is 12.3. The highest BCUT2D eigenvalue weighted by Crippen LogP contribution is 2.53. The normalized spacial score (nSPS) is 27.7. The predicted octanol–water partition coefficient (Wildman–Crippen LogP) is 4.80. The lowest BCUT2D eigenvalue weighted by molar-refractivity contribution is -0.117. The summed E-state index contributed by atoms with van der Waals surface area (Å²) in [6, 6.07) is 4.94. The van der Waals surface area contributed by atoms with Crippen molar-refractivity contribution in [2.75, 3.05) is 32.2 Å². The number of methoxy groups -OCH3 is 2. The van der Waals surface area contributed by atoms with Crippen molar-refractivity contribution in [2.24, 2.45) is 0 Å². The molecule has 1 saturated carbocycles. The van der Waals surface area contributed by atoms with E-state index in [4.69, 9.17) is 9.47 Å². The molecule has 0 amide bonds. The summed E-state index contributed by atoms with van der Waals surface area (Å²) in [5, 5.41) is 0. The number of anilines is 1. The SMILES string of the molecule is CCc1c(C)[nH]c(C2C(OC)C(c3cc4c5c(c3)CCCN5CCC4)C2OC)c1C. The van der Waals surface area contributed by atoms with Gasteiger partial charge in [0.05, 0.1) is 18.1 Å². The van der Waals surface area contributed by atoms with E-state index >= 15 is 0 Å². The second-order valence-electron chi connectivity index (χ2n) is 9.45. The number of aryl methyl sites for hydroxylation is 3. The molecule has 4 heteroatoms. The van der Waals surface area contributed by atoms with Crippen molar-refractivity contribution < 1.29 is 9.47 Å². The monoisotopic (exact) mass is 408 g/mol. The molecule has 0 spiro atoms.